The number of hydrogen-bond donors (Lipinski definition) is 4. The van der Waals surface area contributed by atoms with E-state index in [0.717, 1.165) is 16.9 Å². The van der Waals surface area contributed by atoms with E-state index in [-0.39, 0.29) is 11.9 Å². The Kier molecular flexibility index (Phi) is 4.94. The third-order valence-electron chi connectivity index (χ3n) is 3.66. The van der Waals surface area contributed by atoms with E-state index in [1.807, 2.05) is 24.3 Å². The number of rotatable bonds is 5. The number of amides is 3. The van der Waals surface area contributed by atoms with Gasteiger partial charge in [-0.2, -0.15) is 0 Å². The summed E-state index contributed by atoms with van der Waals surface area (Å²) in [6.07, 6.45) is 0.837. The lowest BCUT2D eigenvalue weighted by atomic mass is 10.2. The smallest absolute Gasteiger partial charge is 0.318 e. The lowest BCUT2D eigenvalue weighted by molar-refractivity contribution is -0.116. The number of nitrogens with one attached hydrogen (secondary N) is 4. The van der Waals surface area contributed by atoms with Crippen LogP contribution in [0.25, 0.3) is 11.0 Å². The van der Waals surface area contributed by atoms with Crippen LogP contribution in [0.4, 0.5) is 16.2 Å². The maximum Gasteiger partial charge on any atom is 0.318 e. The summed E-state index contributed by atoms with van der Waals surface area (Å²) in [6.45, 7) is 0. The summed E-state index contributed by atoms with van der Waals surface area (Å²) < 4.78 is 0. The van der Waals surface area contributed by atoms with E-state index in [9.17, 15) is 9.59 Å². The number of benzene rings is 2. The zero-order valence-corrected chi connectivity index (χ0v) is 13.8. The topological polar surface area (TPSA) is 98.9 Å². The lowest BCUT2D eigenvalue weighted by Gasteiger charge is -2.08. The third kappa shape index (κ3) is 4.35. The van der Waals surface area contributed by atoms with Crippen LogP contribution in [0.3, 0.4) is 0 Å². The van der Waals surface area contributed by atoms with E-state index >= 15 is 0 Å². The van der Waals surface area contributed by atoms with Gasteiger partial charge in [0.1, 0.15) is 5.82 Å². The van der Waals surface area contributed by atoms with Gasteiger partial charge < -0.3 is 20.9 Å². The van der Waals surface area contributed by atoms with Crippen LogP contribution < -0.4 is 16.0 Å². The Bertz CT molecular complexity index is 870. The molecule has 0 saturated carbocycles. The molecule has 0 radical (unpaired) electrons. The summed E-state index contributed by atoms with van der Waals surface area (Å²) >= 11 is 0. The zero-order valence-electron chi connectivity index (χ0n) is 13.8. The van der Waals surface area contributed by atoms with Crippen molar-refractivity contribution < 1.29 is 9.59 Å². The van der Waals surface area contributed by atoms with Crippen molar-refractivity contribution in [3.8, 4) is 0 Å². The first-order chi connectivity index (χ1) is 12.1. The van der Waals surface area contributed by atoms with Crippen molar-refractivity contribution in [2.24, 2.45) is 0 Å². The molecular formula is C18H19N5O2. The van der Waals surface area contributed by atoms with Gasteiger partial charge in [0, 0.05) is 31.3 Å². The van der Waals surface area contributed by atoms with Crippen LogP contribution in [0, 0.1) is 0 Å². The van der Waals surface area contributed by atoms with Crippen LogP contribution >= 0.6 is 0 Å². The molecule has 0 spiro atoms. The van der Waals surface area contributed by atoms with Gasteiger partial charge in [-0.15, -0.1) is 0 Å². The summed E-state index contributed by atoms with van der Waals surface area (Å²) in [5, 5.41) is 7.96. The van der Waals surface area contributed by atoms with E-state index in [0.29, 0.717) is 24.2 Å². The molecule has 3 aromatic rings. The second-order valence-corrected chi connectivity index (χ2v) is 5.53. The van der Waals surface area contributed by atoms with Crippen LogP contribution in [0.1, 0.15) is 12.2 Å². The number of aromatic amines is 1. The molecule has 0 aliphatic heterocycles. The van der Waals surface area contributed by atoms with E-state index in [2.05, 4.69) is 25.9 Å². The molecule has 0 bridgehead atoms. The average molecular weight is 337 g/mol. The molecule has 0 saturated heterocycles. The van der Waals surface area contributed by atoms with Crippen molar-refractivity contribution in [2.75, 3.05) is 17.7 Å². The molecule has 0 aliphatic rings. The first-order valence-corrected chi connectivity index (χ1v) is 7.96. The van der Waals surface area contributed by atoms with E-state index in [4.69, 9.17) is 0 Å². The monoisotopic (exact) mass is 337 g/mol. The molecule has 7 nitrogen and oxygen atoms in total. The number of aryl methyl sites for hydroxylation is 1. The molecule has 25 heavy (non-hydrogen) atoms. The molecule has 3 rings (SSSR count). The number of para-hydroxylation sites is 2. The minimum absolute atomic E-state index is 0.113. The lowest BCUT2D eigenvalue weighted by Crippen LogP contribution is -2.24. The highest BCUT2D eigenvalue weighted by atomic mass is 16.2. The molecule has 3 amide bonds. The minimum atomic E-state index is -0.312. The summed E-state index contributed by atoms with van der Waals surface area (Å²) in [7, 11) is 1.54. The molecule has 128 valence electrons. The highest BCUT2D eigenvalue weighted by Gasteiger charge is 2.07. The highest BCUT2D eigenvalue weighted by Crippen LogP contribution is 2.16. The fraction of sp³-hybridized carbons (Fsp3) is 0.167. The van der Waals surface area contributed by atoms with Gasteiger partial charge in [0.25, 0.3) is 0 Å². The highest BCUT2D eigenvalue weighted by molar-refractivity contribution is 5.93. The first kappa shape index (κ1) is 16.5. The van der Waals surface area contributed by atoms with Gasteiger partial charge in [-0.25, -0.2) is 9.78 Å². The molecule has 0 atom stereocenters. The van der Waals surface area contributed by atoms with Crippen molar-refractivity contribution in [1.82, 2.24) is 15.3 Å². The van der Waals surface area contributed by atoms with Crippen LogP contribution in [-0.2, 0) is 11.2 Å². The Morgan fingerprint density at radius 1 is 1.04 bits per heavy atom. The summed E-state index contributed by atoms with van der Waals surface area (Å²) in [6, 6.07) is 14.4. The van der Waals surface area contributed by atoms with E-state index < -0.39 is 0 Å². The molecule has 0 fully saturated rings. The van der Waals surface area contributed by atoms with Gasteiger partial charge in [0.15, 0.2) is 0 Å². The van der Waals surface area contributed by atoms with Crippen LogP contribution in [0.2, 0.25) is 0 Å². The van der Waals surface area contributed by atoms with Gasteiger partial charge in [0.05, 0.1) is 11.0 Å². The number of anilines is 2. The quantitative estimate of drug-likeness (QED) is 0.576. The number of hydrogen-bond acceptors (Lipinski definition) is 3. The summed E-state index contributed by atoms with van der Waals surface area (Å²) in [5.74, 6) is 0.670. The predicted molar refractivity (Wildman–Crippen MR) is 97.6 cm³/mol. The summed E-state index contributed by atoms with van der Waals surface area (Å²) in [4.78, 5) is 31.1. The number of urea groups is 1. The fourth-order valence-corrected chi connectivity index (χ4v) is 2.45. The second-order valence-electron chi connectivity index (χ2n) is 5.53. The largest absolute Gasteiger partial charge is 0.342 e. The normalized spacial score (nSPS) is 10.4. The van der Waals surface area contributed by atoms with Crippen molar-refractivity contribution in [1.29, 1.82) is 0 Å². The van der Waals surface area contributed by atoms with Crippen LogP contribution in [-0.4, -0.2) is 29.0 Å². The molecular weight excluding hydrogens is 318 g/mol. The number of carbonyl (C=O) groups is 2. The first-order valence-electron chi connectivity index (χ1n) is 7.96. The van der Waals surface area contributed by atoms with E-state index in [1.165, 1.54) is 0 Å². The number of imidazole rings is 1. The predicted octanol–water partition coefficient (Wildman–Crippen LogP) is 2.89. The van der Waals surface area contributed by atoms with Gasteiger partial charge in [-0.1, -0.05) is 18.2 Å². The van der Waals surface area contributed by atoms with Crippen molar-refractivity contribution in [2.45, 2.75) is 12.8 Å². The number of aromatic nitrogens is 2. The van der Waals surface area contributed by atoms with Crippen LogP contribution in [0.5, 0.6) is 0 Å². The van der Waals surface area contributed by atoms with Crippen LogP contribution in [0.15, 0.2) is 48.5 Å². The standard InChI is InChI=1S/C18H19N5O2/c1-19-18(25)21-13-6-4-5-12(11-13)20-17(24)10-9-16-22-14-7-2-3-8-15(14)23-16/h2-8,11H,9-10H2,1H3,(H,20,24)(H,22,23)(H2,19,21,25). The maximum absolute atomic E-state index is 12.1. The van der Waals surface area contributed by atoms with E-state index in [1.54, 1.807) is 31.3 Å². The fourth-order valence-electron chi connectivity index (χ4n) is 2.45. The minimum Gasteiger partial charge on any atom is -0.342 e. The maximum atomic E-state index is 12.1. The third-order valence-corrected chi connectivity index (χ3v) is 3.66. The number of fused-ring (bicyclic) bond motifs is 1. The SMILES string of the molecule is CNC(=O)Nc1cccc(NC(=O)CCc2nc3ccccc3[nH]2)c1. The van der Waals surface area contributed by atoms with Gasteiger partial charge in [0.2, 0.25) is 5.91 Å². The van der Waals surface area contributed by atoms with Gasteiger partial charge in [-0.3, -0.25) is 4.79 Å². The Labute approximate surface area is 144 Å². The Balaban J connectivity index is 1.57. The molecule has 2 aromatic carbocycles. The van der Waals surface area contributed by atoms with Gasteiger partial charge >= 0.3 is 6.03 Å². The molecule has 0 unspecified atom stereocenters. The zero-order chi connectivity index (χ0) is 17.6. The molecule has 1 aromatic heterocycles. The summed E-state index contributed by atoms with van der Waals surface area (Å²) in [5.41, 5.74) is 3.09. The molecule has 7 heteroatoms. The second kappa shape index (κ2) is 7.48. The molecule has 0 aliphatic carbocycles. The van der Waals surface area contributed by atoms with Crippen molar-refractivity contribution >= 4 is 34.3 Å². The van der Waals surface area contributed by atoms with Crippen molar-refractivity contribution in [3.63, 3.8) is 0 Å². The average Bonchev–Trinajstić information content (AvgIpc) is 3.03. The Hall–Kier alpha value is -3.35. The van der Waals surface area contributed by atoms with Gasteiger partial charge in [-0.05, 0) is 30.3 Å². The number of carbonyl (C=O) groups excluding carboxylic acids is 2. The van der Waals surface area contributed by atoms with Crippen molar-refractivity contribution in [3.05, 3.63) is 54.4 Å². The molecule has 1 heterocycles. The number of H-pyrrole nitrogens is 1. The number of nitrogens with zero attached hydrogens (tertiary/aromatic N) is 1. The molecule has 4 N–H and O–H groups in total. The Morgan fingerprint density at radius 2 is 1.80 bits per heavy atom. The Morgan fingerprint density at radius 3 is 2.56 bits per heavy atom.